The number of aromatic nitrogens is 2. The first-order valence-corrected chi connectivity index (χ1v) is 7.93. The minimum absolute atomic E-state index is 0. The number of halogens is 1. The lowest BCUT2D eigenvalue weighted by Gasteiger charge is -2.23. The van der Waals surface area contributed by atoms with Gasteiger partial charge in [0.05, 0.1) is 12.9 Å². The number of rotatable bonds is 5. The summed E-state index contributed by atoms with van der Waals surface area (Å²) in [6.07, 6.45) is 4.68. The van der Waals surface area contributed by atoms with Crippen LogP contribution in [0.1, 0.15) is 12.8 Å². The highest BCUT2D eigenvalue weighted by molar-refractivity contribution is 7.89. The van der Waals surface area contributed by atoms with E-state index in [4.69, 9.17) is 0 Å². The van der Waals surface area contributed by atoms with Crippen molar-refractivity contribution in [2.24, 2.45) is 7.05 Å². The van der Waals surface area contributed by atoms with Crippen LogP contribution >= 0.6 is 12.4 Å². The van der Waals surface area contributed by atoms with Crippen molar-refractivity contribution in [2.75, 3.05) is 19.6 Å². The van der Waals surface area contributed by atoms with Crippen LogP contribution in [0.25, 0.3) is 0 Å². The normalized spacial score (nSPS) is 18.8. The van der Waals surface area contributed by atoms with Gasteiger partial charge < -0.3 is 15.2 Å². The van der Waals surface area contributed by atoms with Crippen LogP contribution in [0.15, 0.2) is 17.6 Å². The number of amides is 1. The second-order valence-electron chi connectivity index (χ2n) is 4.81. The Morgan fingerprint density at radius 3 is 2.90 bits per heavy atom. The molecule has 21 heavy (non-hydrogen) atoms. The largest absolute Gasteiger partial charge is 0.351 e. The number of imidazole rings is 1. The standard InChI is InChI=1S/C11H19N5O3S.ClH/c1-16-7-11(13-8-16)20(18,19)14-6-10(17)15-9-3-2-4-12-5-9;/h7-9,12,14H,2-6H2,1H3,(H,15,17);1H. The number of aryl methyl sites for hydroxylation is 1. The summed E-state index contributed by atoms with van der Waals surface area (Å²) in [5.41, 5.74) is 0. The van der Waals surface area contributed by atoms with Crippen LogP contribution < -0.4 is 15.4 Å². The van der Waals surface area contributed by atoms with Gasteiger partial charge in [-0.15, -0.1) is 12.4 Å². The maximum Gasteiger partial charge on any atom is 0.260 e. The van der Waals surface area contributed by atoms with Gasteiger partial charge in [0, 0.05) is 25.8 Å². The van der Waals surface area contributed by atoms with Crippen LogP contribution in [0.3, 0.4) is 0 Å². The summed E-state index contributed by atoms with van der Waals surface area (Å²) < 4.78 is 27.5. The van der Waals surface area contributed by atoms with Crippen molar-refractivity contribution in [3.05, 3.63) is 12.5 Å². The quantitative estimate of drug-likeness (QED) is 0.638. The maximum absolute atomic E-state index is 11.9. The second kappa shape index (κ2) is 7.74. The Hall–Kier alpha value is -1.16. The van der Waals surface area contributed by atoms with Crippen molar-refractivity contribution in [3.8, 4) is 0 Å². The number of hydrogen-bond acceptors (Lipinski definition) is 5. The minimum Gasteiger partial charge on any atom is -0.351 e. The van der Waals surface area contributed by atoms with Crippen LogP contribution in [0.5, 0.6) is 0 Å². The Balaban J connectivity index is 0.00000220. The summed E-state index contributed by atoms with van der Waals surface area (Å²) in [5, 5.41) is 5.88. The zero-order valence-electron chi connectivity index (χ0n) is 11.7. The van der Waals surface area contributed by atoms with E-state index in [9.17, 15) is 13.2 Å². The lowest BCUT2D eigenvalue weighted by atomic mass is 10.1. The number of carbonyl (C=O) groups excluding carboxylic acids is 1. The number of sulfonamides is 1. The molecule has 0 aromatic carbocycles. The number of nitrogens with zero attached hydrogens (tertiary/aromatic N) is 2. The Bertz CT molecular complexity index is 568. The van der Waals surface area contributed by atoms with Gasteiger partial charge in [0.2, 0.25) is 5.91 Å². The van der Waals surface area contributed by atoms with Crippen LogP contribution in [0.2, 0.25) is 0 Å². The molecule has 3 N–H and O–H groups in total. The van der Waals surface area contributed by atoms with Crippen molar-refractivity contribution in [1.29, 1.82) is 0 Å². The van der Waals surface area contributed by atoms with Crippen LogP contribution in [-0.2, 0) is 21.9 Å². The highest BCUT2D eigenvalue weighted by Crippen LogP contribution is 2.03. The van der Waals surface area contributed by atoms with Gasteiger partial charge in [-0.25, -0.2) is 18.1 Å². The predicted molar refractivity (Wildman–Crippen MR) is 79.7 cm³/mol. The van der Waals surface area contributed by atoms with E-state index in [-0.39, 0.29) is 35.9 Å². The first-order chi connectivity index (χ1) is 9.47. The molecule has 8 nitrogen and oxygen atoms in total. The molecule has 1 aromatic rings. The van der Waals surface area contributed by atoms with Crippen molar-refractivity contribution < 1.29 is 13.2 Å². The molecule has 1 unspecified atom stereocenters. The summed E-state index contributed by atoms with van der Waals surface area (Å²) >= 11 is 0. The second-order valence-corrected chi connectivity index (χ2v) is 6.53. The SMILES string of the molecule is Cl.Cn1cnc(S(=O)(=O)NCC(=O)NC2CCCNC2)c1. The summed E-state index contributed by atoms with van der Waals surface area (Å²) in [4.78, 5) is 15.5. The van der Waals surface area contributed by atoms with Gasteiger partial charge >= 0.3 is 0 Å². The van der Waals surface area contributed by atoms with Gasteiger partial charge in [-0.2, -0.15) is 0 Å². The molecule has 1 aliphatic rings. The maximum atomic E-state index is 11.9. The summed E-state index contributed by atoms with van der Waals surface area (Å²) in [6, 6.07) is 0.0654. The molecule has 0 bridgehead atoms. The highest BCUT2D eigenvalue weighted by atomic mass is 35.5. The fraction of sp³-hybridized carbons (Fsp3) is 0.636. The monoisotopic (exact) mass is 337 g/mol. The van der Waals surface area contributed by atoms with E-state index in [1.54, 1.807) is 7.05 Å². The third kappa shape index (κ3) is 5.27. The first kappa shape index (κ1) is 17.9. The molecule has 0 saturated carbocycles. The van der Waals surface area contributed by atoms with E-state index in [2.05, 4.69) is 20.3 Å². The van der Waals surface area contributed by atoms with Crippen molar-refractivity contribution in [3.63, 3.8) is 0 Å². The number of nitrogens with one attached hydrogen (secondary N) is 3. The topological polar surface area (TPSA) is 105 Å². The Labute approximate surface area is 130 Å². The lowest BCUT2D eigenvalue weighted by molar-refractivity contribution is -0.120. The zero-order chi connectivity index (χ0) is 14.6. The van der Waals surface area contributed by atoms with Gasteiger partial charge in [0.15, 0.2) is 5.03 Å². The average molecular weight is 338 g/mol. The van der Waals surface area contributed by atoms with E-state index >= 15 is 0 Å². The molecule has 0 radical (unpaired) electrons. The Morgan fingerprint density at radius 2 is 2.33 bits per heavy atom. The molecular formula is C11H20ClN5O3S. The highest BCUT2D eigenvalue weighted by Gasteiger charge is 2.20. The average Bonchev–Trinajstić information content (AvgIpc) is 2.85. The Morgan fingerprint density at radius 1 is 1.57 bits per heavy atom. The summed E-state index contributed by atoms with van der Waals surface area (Å²) in [7, 11) is -2.06. The Kier molecular flexibility index (Phi) is 6.59. The van der Waals surface area contributed by atoms with Gasteiger partial charge in [-0.3, -0.25) is 4.79 Å². The van der Waals surface area contributed by atoms with E-state index in [0.717, 1.165) is 25.9 Å². The number of carbonyl (C=O) groups is 1. The zero-order valence-corrected chi connectivity index (χ0v) is 13.3. The predicted octanol–water partition coefficient (Wildman–Crippen LogP) is -1.01. The number of piperidine rings is 1. The summed E-state index contributed by atoms with van der Waals surface area (Å²) in [5.74, 6) is -0.335. The molecule has 1 saturated heterocycles. The van der Waals surface area contributed by atoms with Crippen LogP contribution in [0, 0.1) is 0 Å². The molecule has 1 aliphatic heterocycles. The summed E-state index contributed by atoms with van der Waals surface area (Å²) in [6.45, 7) is 1.40. The van der Waals surface area contributed by atoms with Crippen molar-refractivity contribution >= 4 is 28.3 Å². The molecule has 1 fully saturated rings. The smallest absolute Gasteiger partial charge is 0.260 e. The molecule has 2 rings (SSSR count). The molecule has 0 aliphatic carbocycles. The van der Waals surface area contributed by atoms with Crippen LogP contribution in [-0.4, -0.2) is 49.6 Å². The van der Waals surface area contributed by atoms with Gasteiger partial charge in [-0.05, 0) is 19.4 Å². The third-order valence-corrected chi connectivity index (χ3v) is 4.33. The third-order valence-electron chi connectivity index (χ3n) is 3.04. The molecule has 10 heteroatoms. The minimum atomic E-state index is -3.73. The lowest BCUT2D eigenvalue weighted by Crippen LogP contribution is -2.48. The van der Waals surface area contributed by atoms with Gasteiger partial charge in [-0.1, -0.05) is 0 Å². The van der Waals surface area contributed by atoms with Crippen LogP contribution in [0.4, 0.5) is 0 Å². The fourth-order valence-corrected chi connectivity index (χ4v) is 2.98. The molecule has 1 amide bonds. The first-order valence-electron chi connectivity index (χ1n) is 6.45. The van der Waals surface area contributed by atoms with Gasteiger partial charge in [0.1, 0.15) is 0 Å². The molecule has 1 atom stereocenters. The van der Waals surface area contributed by atoms with Crippen molar-refractivity contribution in [1.82, 2.24) is 24.9 Å². The van der Waals surface area contributed by atoms with Gasteiger partial charge in [0.25, 0.3) is 10.0 Å². The molecule has 2 heterocycles. The van der Waals surface area contributed by atoms with E-state index < -0.39 is 10.0 Å². The molecule has 120 valence electrons. The molecule has 0 spiro atoms. The molecule has 1 aromatic heterocycles. The van der Waals surface area contributed by atoms with Crippen molar-refractivity contribution in [2.45, 2.75) is 23.9 Å². The fourth-order valence-electron chi connectivity index (χ4n) is 2.02. The van der Waals surface area contributed by atoms with E-state index in [1.807, 2.05) is 0 Å². The molecular weight excluding hydrogens is 318 g/mol. The number of hydrogen-bond donors (Lipinski definition) is 3. The van der Waals surface area contributed by atoms with E-state index in [0.29, 0.717) is 0 Å². The van der Waals surface area contributed by atoms with E-state index in [1.165, 1.54) is 17.1 Å².